The van der Waals surface area contributed by atoms with Crippen LogP contribution in [0.1, 0.15) is 11.7 Å². The van der Waals surface area contributed by atoms with Crippen molar-refractivity contribution in [3.8, 4) is 11.5 Å². The lowest BCUT2D eigenvalue weighted by Crippen LogP contribution is -2.31. The maximum atomic E-state index is 10.5. The fraction of sp³-hybridized carbons (Fsp3) is 0.400. The van der Waals surface area contributed by atoms with Crippen LogP contribution in [0.2, 0.25) is 0 Å². The molecule has 0 spiro atoms. The van der Waals surface area contributed by atoms with E-state index in [0.717, 1.165) is 0 Å². The highest BCUT2D eigenvalue weighted by molar-refractivity contribution is 5.89. The lowest BCUT2D eigenvalue weighted by atomic mass is 10.1. The number of aliphatic hydroxyl groups excluding tert-OH is 5. The summed E-state index contributed by atoms with van der Waals surface area (Å²) in [5.41, 5.74) is 0.574. The van der Waals surface area contributed by atoms with Crippen LogP contribution in [-0.2, 0) is 9.53 Å². The number of hydrogen-bond acceptors (Lipinski definition) is 10. The Bertz CT molecular complexity index is 631. The second-order valence-corrected chi connectivity index (χ2v) is 5.13. The molecule has 0 saturated heterocycles. The van der Waals surface area contributed by atoms with Gasteiger partial charge in [-0.05, 0) is 24.7 Å². The van der Waals surface area contributed by atoms with Crippen LogP contribution in [-0.4, -0.2) is 74.1 Å². The van der Waals surface area contributed by atoms with Gasteiger partial charge in [-0.2, -0.15) is 0 Å². The maximum absolute atomic E-state index is 10.5. The number of carbonyl (C=O) groups excluding carboxylic acids is 1. The molecule has 0 fully saturated rings. The van der Waals surface area contributed by atoms with Crippen LogP contribution in [0.15, 0.2) is 29.7 Å². The molecule has 2 rings (SSSR count). The zero-order chi connectivity index (χ0) is 19.1. The highest BCUT2D eigenvalue weighted by Crippen LogP contribution is 2.27. The van der Waals surface area contributed by atoms with Crippen LogP contribution in [0.5, 0.6) is 11.5 Å². The van der Waals surface area contributed by atoms with E-state index >= 15 is 0 Å². The summed E-state index contributed by atoms with van der Waals surface area (Å²) in [6.07, 6.45) is -3.45. The lowest BCUT2D eigenvalue weighted by molar-refractivity contribution is -0.147. The van der Waals surface area contributed by atoms with Gasteiger partial charge in [-0.1, -0.05) is 6.07 Å². The lowest BCUT2D eigenvalue weighted by Gasteiger charge is -2.13. The Morgan fingerprint density at radius 3 is 2.24 bits per heavy atom. The summed E-state index contributed by atoms with van der Waals surface area (Å²) in [4.78, 5) is 10.5. The number of aliphatic hydroxyl groups is 5. The van der Waals surface area contributed by atoms with Crippen LogP contribution in [0.25, 0.3) is 0 Å². The molecule has 0 aliphatic carbocycles. The Balaban J connectivity index is 0.000000251. The SMILES string of the molecule is CNC[C@@H](O)c1ccc(O)c(O)c1.O=C1OC(C(O)CO)C(O)=C1O. The third-order valence-corrected chi connectivity index (χ3v) is 3.26. The van der Waals surface area contributed by atoms with E-state index in [0.29, 0.717) is 12.1 Å². The number of nitrogens with one attached hydrogen (secondary N) is 1. The van der Waals surface area contributed by atoms with E-state index < -0.39 is 42.4 Å². The van der Waals surface area contributed by atoms with Gasteiger partial charge < -0.3 is 45.8 Å². The quantitative estimate of drug-likeness (QED) is 0.238. The van der Waals surface area contributed by atoms with Gasteiger partial charge in [0.05, 0.1) is 12.7 Å². The minimum Gasteiger partial charge on any atom is -0.505 e. The number of carbonyl (C=O) groups is 1. The standard InChI is InChI=1S/C9H13NO3.C6H8O6/c1-10-5-9(13)6-2-3-7(11)8(12)4-6;7-1-2(8)5-3(9)4(10)6(11)12-5/h2-4,9-13H,5H2,1H3;2,5,7-10H,1H2/t9-;/m1./s1. The first-order valence-corrected chi connectivity index (χ1v) is 7.19. The van der Waals surface area contributed by atoms with Gasteiger partial charge in [0.15, 0.2) is 23.4 Å². The van der Waals surface area contributed by atoms with Gasteiger partial charge in [0.25, 0.3) is 0 Å². The van der Waals surface area contributed by atoms with Crippen molar-refractivity contribution in [2.75, 3.05) is 20.2 Å². The molecule has 1 aliphatic rings. The minimum absolute atomic E-state index is 0.180. The van der Waals surface area contributed by atoms with Gasteiger partial charge in [-0.15, -0.1) is 0 Å². The number of likely N-dealkylation sites (N-methyl/N-ethyl adjacent to an activating group) is 1. The molecule has 2 unspecified atom stereocenters. The average Bonchev–Trinajstić information content (AvgIpc) is 2.85. The normalized spacial score (nSPS) is 19.0. The number of phenols is 2. The number of ether oxygens (including phenoxy) is 1. The number of rotatable bonds is 5. The predicted octanol–water partition coefficient (Wildman–Crippen LogP) is -1.06. The fourth-order valence-corrected chi connectivity index (χ4v) is 1.88. The molecular formula is C15H21NO9. The Hall–Kier alpha value is -2.53. The predicted molar refractivity (Wildman–Crippen MR) is 83.9 cm³/mol. The van der Waals surface area contributed by atoms with Gasteiger partial charge in [-0.3, -0.25) is 0 Å². The summed E-state index contributed by atoms with van der Waals surface area (Å²) in [5.74, 6) is -3.17. The largest absolute Gasteiger partial charge is 0.505 e. The maximum Gasteiger partial charge on any atom is 0.377 e. The molecule has 0 aromatic heterocycles. The Kier molecular flexibility index (Phi) is 7.45. The van der Waals surface area contributed by atoms with Crippen LogP contribution in [0.4, 0.5) is 0 Å². The number of esters is 1. The number of aromatic hydroxyl groups is 2. The first-order valence-electron chi connectivity index (χ1n) is 7.19. The average molecular weight is 359 g/mol. The van der Waals surface area contributed by atoms with Crippen molar-refractivity contribution in [1.82, 2.24) is 5.32 Å². The number of benzene rings is 1. The van der Waals surface area contributed by atoms with E-state index in [1.807, 2.05) is 0 Å². The van der Waals surface area contributed by atoms with Crippen LogP contribution >= 0.6 is 0 Å². The van der Waals surface area contributed by atoms with E-state index in [2.05, 4.69) is 10.1 Å². The third-order valence-electron chi connectivity index (χ3n) is 3.26. The highest BCUT2D eigenvalue weighted by atomic mass is 16.6. The Morgan fingerprint density at radius 1 is 1.16 bits per heavy atom. The molecule has 25 heavy (non-hydrogen) atoms. The van der Waals surface area contributed by atoms with Crippen molar-refractivity contribution < 1.29 is 45.3 Å². The Labute approximate surface area is 142 Å². The van der Waals surface area contributed by atoms with Crippen molar-refractivity contribution in [1.29, 1.82) is 0 Å². The molecule has 1 aliphatic heterocycles. The van der Waals surface area contributed by atoms with E-state index in [1.54, 1.807) is 13.1 Å². The van der Waals surface area contributed by atoms with Crippen LogP contribution < -0.4 is 5.32 Å². The fourth-order valence-electron chi connectivity index (χ4n) is 1.88. The zero-order valence-electron chi connectivity index (χ0n) is 13.3. The molecule has 0 radical (unpaired) electrons. The van der Waals surface area contributed by atoms with Crippen molar-refractivity contribution in [3.05, 3.63) is 35.3 Å². The summed E-state index contributed by atoms with van der Waals surface area (Å²) in [5, 5.41) is 65.5. The molecule has 1 aromatic rings. The van der Waals surface area contributed by atoms with Gasteiger partial charge in [0.2, 0.25) is 5.76 Å². The summed E-state index contributed by atoms with van der Waals surface area (Å²) in [6, 6.07) is 4.26. The summed E-state index contributed by atoms with van der Waals surface area (Å²) in [6.45, 7) is -0.264. The third kappa shape index (κ3) is 5.22. The van der Waals surface area contributed by atoms with Crippen molar-refractivity contribution in [2.45, 2.75) is 18.3 Å². The smallest absolute Gasteiger partial charge is 0.377 e. The van der Waals surface area contributed by atoms with Crippen molar-refractivity contribution in [2.24, 2.45) is 0 Å². The van der Waals surface area contributed by atoms with Gasteiger partial charge in [0.1, 0.15) is 6.10 Å². The van der Waals surface area contributed by atoms with E-state index in [1.165, 1.54) is 12.1 Å². The first-order chi connectivity index (χ1) is 11.7. The topological polar surface area (TPSA) is 180 Å². The monoisotopic (exact) mass is 359 g/mol. The second-order valence-electron chi connectivity index (χ2n) is 5.13. The molecule has 8 N–H and O–H groups in total. The molecule has 3 atom stereocenters. The van der Waals surface area contributed by atoms with Crippen LogP contribution in [0, 0.1) is 0 Å². The molecule has 0 amide bonds. The Morgan fingerprint density at radius 2 is 1.80 bits per heavy atom. The van der Waals surface area contributed by atoms with Crippen molar-refractivity contribution in [3.63, 3.8) is 0 Å². The van der Waals surface area contributed by atoms with Gasteiger partial charge in [-0.25, -0.2) is 4.79 Å². The number of cyclic esters (lactones) is 1. The summed E-state index contributed by atoms with van der Waals surface area (Å²) in [7, 11) is 1.73. The molecule has 10 heteroatoms. The molecule has 0 bridgehead atoms. The minimum atomic E-state index is -1.42. The molecule has 1 heterocycles. The number of hydrogen-bond donors (Lipinski definition) is 8. The molecule has 1 aromatic carbocycles. The van der Waals surface area contributed by atoms with Gasteiger partial charge >= 0.3 is 5.97 Å². The number of phenolic OH excluding ortho intramolecular Hbond substituents is 2. The van der Waals surface area contributed by atoms with E-state index in [9.17, 15) is 9.90 Å². The molecule has 10 nitrogen and oxygen atoms in total. The molecule has 140 valence electrons. The van der Waals surface area contributed by atoms with E-state index in [4.69, 9.17) is 30.6 Å². The molecule has 0 saturated carbocycles. The van der Waals surface area contributed by atoms with E-state index in [-0.39, 0.29) is 11.5 Å². The highest BCUT2D eigenvalue weighted by Gasteiger charge is 2.38. The summed E-state index contributed by atoms with van der Waals surface area (Å²) >= 11 is 0. The van der Waals surface area contributed by atoms with Crippen LogP contribution in [0.3, 0.4) is 0 Å². The zero-order valence-corrected chi connectivity index (χ0v) is 13.3. The summed E-state index contributed by atoms with van der Waals surface area (Å²) < 4.78 is 4.32. The molecular weight excluding hydrogens is 338 g/mol. The van der Waals surface area contributed by atoms with Gasteiger partial charge in [0, 0.05) is 6.54 Å². The second kappa shape index (κ2) is 9.08. The first kappa shape index (κ1) is 20.5. The van der Waals surface area contributed by atoms with Crippen molar-refractivity contribution >= 4 is 5.97 Å².